The summed E-state index contributed by atoms with van der Waals surface area (Å²) in [5, 5.41) is 1.71. The highest BCUT2D eigenvalue weighted by atomic mass is 16.6. The number of aldehydes is 2. The van der Waals surface area contributed by atoms with Gasteiger partial charge in [0.25, 0.3) is 0 Å². The number of hydrogen-bond donors (Lipinski definition) is 0. The first kappa shape index (κ1) is 18.9. The van der Waals surface area contributed by atoms with Gasteiger partial charge >= 0.3 is 12.2 Å². The third kappa shape index (κ3) is 4.94. The van der Waals surface area contributed by atoms with E-state index in [1.54, 1.807) is 41.5 Å². The summed E-state index contributed by atoms with van der Waals surface area (Å²) in [6.45, 7) is 9.95. The van der Waals surface area contributed by atoms with E-state index in [0.717, 1.165) is 10.0 Å². The van der Waals surface area contributed by atoms with Crippen LogP contribution < -0.4 is 0 Å². The van der Waals surface area contributed by atoms with Gasteiger partial charge in [0.15, 0.2) is 0 Å². The number of ether oxygens (including phenoxy) is 2. The molecule has 0 aromatic heterocycles. The molecule has 130 valence electrons. The Morgan fingerprint density at radius 2 is 1.13 bits per heavy atom. The number of amides is 2. The van der Waals surface area contributed by atoms with E-state index in [2.05, 4.69) is 0 Å². The van der Waals surface area contributed by atoms with Gasteiger partial charge in [0.1, 0.15) is 35.9 Å². The van der Waals surface area contributed by atoms with Crippen molar-refractivity contribution in [2.24, 2.45) is 0 Å². The van der Waals surface area contributed by atoms with Crippen LogP contribution in [0.3, 0.4) is 0 Å². The second-order valence-electron chi connectivity index (χ2n) is 7.29. The van der Waals surface area contributed by atoms with Crippen LogP contribution >= 0.6 is 0 Å². The fourth-order valence-electron chi connectivity index (χ4n) is 2.06. The minimum Gasteiger partial charge on any atom is -0.442 e. The minimum atomic E-state index is -0.965. The molecule has 1 aliphatic rings. The zero-order valence-corrected chi connectivity index (χ0v) is 14.4. The Morgan fingerprint density at radius 1 is 0.826 bits per heavy atom. The van der Waals surface area contributed by atoms with Gasteiger partial charge in [-0.15, -0.1) is 0 Å². The molecule has 23 heavy (non-hydrogen) atoms. The summed E-state index contributed by atoms with van der Waals surface area (Å²) >= 11 is 0. The molecule has 0 aromatic rings. The predicted octanol–water partition coefficient (Wildman–Crippen LogP) is 1.91. The molecule has 2 unspecified atom stereocenters. The molecule has 0 radical (unpaired) electrons. The van der Waals surface area contributed by atoms with Gasteiger partial charge in [0.2, 0.25) is 0 Å². The number of carbonyl (C=O) groups excluding carboxylic acids is 4. The third-order valence-electron chi connectivity index (χ3n) is 2.82. The molecule has 1 aliphatic heterocycles. The lowest BCUT2D eigenvalue weighted by molar-refractivity contribution is -0.120. The number of hydrazine groups is 1. The second kappa shape index (κ2) is 6.55. The average molecular weight is 328 g/mol. The molecule has 0 aromatic carbocycles. The van der Waals surface area contributed by atoms with Gasteiger partial charge in [-0.1, -0.05) is 0 Å². The van der Waals surface area contributed by atoms with Crippen LogP contribution in [0.4, 0.5) is 9.59 Å². The largest absolute Gasteiger partial charge is 0.442 e. The van der Waals surface area contributed by atoms with Crippen molar-refractivity contribution in [1.29, 1.82) is 0 Å². The molecule has 0 N–H and O–H groups in total. The van der Waals surface area contributed by atoms with Gasteiger partial charge < -0.3 is 19.1 Å². The summed E-state index contributed by atoms with van der Waals surface area (Å²) < 4.78 is 10.4. The maximum atomic E-state index is 12.4. The van der Waals surface area contributed by atoms with Crippen molar-refractivity contribution in [3.05, 3.63) is 0 Å². The lowest BCUT2D eigenvalue weighted by atomic mass is 10.1. The Morgan fingerprint density at radius 3 is 1.35 bits per heavy atom. The maximum absolute atomic E-state index is 12.4. The van der Waals surface area contributed by atoms with E-state index in [0.29, 0.717) is 12.6 Å². The fourth-order valence-corrected chi connectivity index (χ4v) is 2.06. The Kier molecular flexibility index (Phi) is 5.39. The van der Waals surface area contributed by atoms with Crippen LogP contribution in [0, 0.1) is 0 Å². The maximum Gasteiger partial charge on any atom is 0.430 e. The van der Waals surface area contributed by atoms with Crippen molar-refractivity contribution in [1.82, 2.24) is 10.0 Å². The molecule has 0 spiro atoms. The van der Waals surface area contributed by atoms with Crippen molar-refractivity contribution in [2.75, 3.05) is 0 Å². The van der Waals surface area contributed by atoms with Crippen LogP contribution in [0.1, 0.15) is 48.0 Å². The third-order valence-corrected chi connectivity index (χ3v) is 2.82. The summed E-state index contributed by atoms with van der Waals surface area (Å²) in [7, 11) is 0. The Balaban J connectivity index is 3.13. The van der Waals surface area contributed by atoms with Crippen LogP contribution in [-0.2, 0) is 19.1 Å². The van der Waals surface area contributed by atoms with E-state index in [1.165, 1.54) is 0 Å². The molecule has 0 aliphatic carbocycles. The predicted molar refractivity (Wildman–Crippen MR) is 80.5 cm³/mol. The second-order valence-corrected chi connectivity index (χ2v) is 7.29. The molecule has 0 saturated carbocycles. The Labute approximate surface area is 135 Å². The molecule has 1 rings (SSSR count). The summed E-state index contributed by atoms with van der Waals surface area (Å²) in [6.07, 6.45) is -0.754. The van der Waals surface area contributed by atoms with Gasteiger partial charge in [-0.05, 0) is 41.5 Å². The van der Waals surface area contributed by atoms with E-state index in [1.807, 2.05) is 0 Å². The van der Waals surface area contributed by atoms with Crippen LogP contribution in [0.15, 0.2) is 0 Å². The minimum absolute atomic E-state index is 0.00544. The molecule has 1 heterocycles. The van der Waals surface area contributed by atoms with E-state index in [4.69, 9.17) is 9.47 Å². The SMILES string of the molecule is CC(C)(C)OC(=O)N1C(C=O)CC(C=O)N1C(=O)OC(C)(C)C. The number of carbonyl (C=O) groups is 4. The van der Waals surface area contributed by atoms with E-state index >= 15 is 0 Å². The molecule has 1 fully saturated rings. The van der Waals surface area contributed by atoms with E-state index in [9.17, 15) is 19.2 Å². The fraction of sp³-hybridized carbons (Fsp3) is 0.733. The van der Waals surface area contributed by atoms with E-state index < -0.39 is 35.5 Å². The zero-order chi connectivity index (χ0) is 18.0. The van der Waals surface area contributed by atoms with Crippen LogP contribution in [0.25, 0.3) is 0 Å². The summed E-state index contributed by atoms with van der Waals surface area (Å²) in [6, 6.07) is -1.93. The molecule has 0 bridgehead atoms. The monoisotopic (exact) mass is 328 g/mol. The molecule has 2 amide bonds. The number of rotatable bonds is 2. The molecular weight excluding hydrogens is 304 g/mol. The topological polar surface area (TPSA) is 93.2 Å². The van der Waals surface area contributed by atoms with Crippen molar-refractivity contribution in [2.45, 2.75) is 71.2 Å². The number of hydrogen-bond acceptors (Lipinski definition) is 6. The highest BCUT2D eigenvalue weighted by molar-refractivity contribution is 5.83. The molecule has 8 heteroatoms. The standard InChI is InChI=1S/C15H24N2O6/c1-14(2,3)22-12(20)16-10(8-18)7-11(9-19)17(16)13(21)23-15(4,5)6/h8-11H,7H2,1-6H3. The zero-order valence-electron chi connectivity index (χ0n) is 14.4. The summed E-state index contributed by atoms with van der Waals surface area (Å²) in [4.78, 5) is 47.2. The first-order chi connectivity index (χ1) is 10.4. The first-order valence-corrected chi connectivity index (χ1v) is 7.34. The molecule has 2 atom stereocenters. The van der Waals surface area contributed by atoms with Gasteiger partial charge in [-0.2, -0.15) is 0 Å². The molecule has 1 saturated heterocycles. The van der Waals surface area contributed by atoms with Crippen molar-refractivity contribution in [3.8, 4) is 0 Å². The summed E-state index contributed by atoms with van der Waals surface area (Å²) in [5.74, 6) is 0. The van der Waals surface area contributed by atoms with Gasteiger partial charge in [0, 0.05) is 6.42 Å². The highest BCUT2D eigenvalue weighted by Crippen LogP contribution is 2.27. The normalized spacial score (nSPS) is 21.8. The van der Waals surface area contributed by atoms with E-state index in [-0.39, 0.29) is 6.42 Å². The Hall–Kier alpha value is -2.12. The van der Waals surface area contributed by atoms with Crippen molar-refractivity contribution >= 4 is 24.8 Å². The van der Waals surface area contributed by atoms with Gasteiger partial charge in [-0.25, -0.2) is 19.6 Å². The lowest BCUT2D eigenvalue weighted by Gasteiger charge is -2.34. The van der Waals surface area contributed by atoms with Crippen LogP contribution in [0.5, 0.6) is 0 Å². The average Bonchev–Trinajstić information content (AvgIpc) is 2.73. The first-order valence-electron chi connectivity index (χ1n) is 7.34. The van der Waals surface area contributed by atoms with Crippen LogP contribution in [0.2, 0.25) is 0 Å². The molecular formula is C15H24N2O6. The number of nitrogens with zero attached hydrogens (tertiary/aromatic N) is 2. The molecule has 8 nitrogen and oxygen atoms in total. The van der Waals surface area contributed by atoms with Gasteiger partial charge in [0.05, 0.1) is 0 Å². The van der Waals surface area contributed by atoms with Crippen LogP contribution in [-0.4, -0.2) is 58.1 Å². The lowest BCUT2D eigenvalue weighted by Crippen LogP contribution is -2.53. The van der Waals surface area contributed by atoms with Crippen molar-refractivity contribution < 1.29 is 28.7 Å². The van der Waals surface area contributed by atoms with Gasteiger partial charge in [-0.3, -0.25) is 0 Å². The Bertz CT molecular complexity index is 447. The summed E-state index contributed by atoms with van der Waals surface area (Å²) in [5.41, 5.74) is -1.63. The smallest absolute Gasteiger partial charge is 0.430 e. The highest BCUT2D eigenvalue weighted by Gasteiger charge is 2.48. The quantitative estimate of drug-likeness (QED) is 0.719. The van der Waals surface area contributed by atoms with Crippen molar-refractivity contribution in [3.63, 3.8) is 0 Å².